The van der Waals surface area contributed by atoms with Crippen LogP contribution in [0.4, 0.5) is 0 Å². The number of benzene rings is 1. The van der Waals surface area contributed by atoms with E-state index in [0.29, 0.717) is 18.8 Å². The van der Waals surface area contributed by atoms with Gasteiger partial charge in [-0.3, -0.25) is 4.79 Å². The summed E-state index contributed by atoms with van der Waals surface area (Å²) in [6.07, 6.45) is 4.49. The Morgan fingerprint density at radius 2 is 1.94 bits per heavy atom. The second-order valence-corrected chi connectivity index (χ2v) is 3.40. The van der Waals surface area contributed by atoms with Crippen LogP contribution in [0.3, 0.4) is 0 Å². The molecule has 1 aromatic carbocycles. The highest BCUT2D eigenvalue weighted by Crippen LogP contribution is 2.14. The molecule has 0 N–H and O–H groups in total. The van der Waals surface area contributed by atoms with Crippen LogP contribution >= 0.6 is 0 Å². The van der Waals surface area contributed by atoms with Crippen LogP contribution in [-0.4, -0.2) is 12.9 Å². The molecule has 3 nitrogen and oxygen atoms in total. The van der Waals surface area contributed by atoms with E-state index in [2.05, 4.69) is 0 Å². The first kappa shape index (κ1) is 11.2. The first-order chi connectivity index (χ1) is 8.38. The average molecular weight is 228 g/mol. The van der Waals surface area contributed by atoms with Crippen molar-refractivity contribution in [3.05, 3.63) is 59.9 Å². The standard InChI is InChI=1S/C14H12O3/c15-11-13-8-9-14(17-13)16-10-4-7-12-5-2-1-3-6-12/h1-9,11H,10H2. The van der Waals surface area contributed by atoms with Crippen molar-refractivity contribution in [2.45, 2.75) is 0 Å². The number of carbonyl (C=O) groups is 1. The van der Waals surface area contributed by atoms with E-state index in [0.717, 1.165) is 5.56 Å². The van der Waals surface area contributed by atoms with Crippen LogP contribution in [0, 0.1) is 0 Å². The maximum Gasteiger partial charge on any atom is 0.285 e. The van der Waals surface area contributed by atoms with Gasteiger partial charge in [0.15, 0.2) is 12.0 Å². The molecule has 2 rings (SSSR count). The Morgan fingerprint density at radius 3 is 2.65 bits per heavy atom. The summed E-state index contributed by atoms with van der Waals surface area (Å²) in [5.41, 5.74) is 1.11. The number of furan rings is 1. The van der Waals surface area contributed by atoms with Crippen LogP contribution in [0.25, 0.3) is 6.08 Å². The molecular weight excluding hydrogens is 216 g/mol. The van der Waals surface area contributed by atoms with Crippen LogP contribution in [-0.2, 0) is 0 Å². The number of carbonyl (C=O) groups excluding carboxylic acids is 1. The lowest BCUT2D eigenvalue weighted by Crippen LogP contribution is -1.91. The van der Waals surface area contributed by atoms with Gasteiger partial charge < -0.3 is 9.15 Å². The Bertz CT molecular complexity index is 497. The third-order valence-corrected chi connectivity index (χ3v) is 2.15. The second-order valence-electron chi connectivity index (χ2n) is 3.40. The van der Waals surface area contributed by atoms with E-state index in [-0.39, 0.29) is 5.76 Å². The summed E-state index contributed by atoms with van der Waals surface area (Å²) in [4.78, 5) is 10.4. The Morgan fingerprint density at radius 1 is 1.12 bits per heavy atom. The highest BCUT2D eigenvalue weighted by molar-refractivity contribution is 5.70. The quantitative estimate of drug-likeness (QED) is 0.738. The van der Waals surface area contributed by atoms with Gasteiger partial charge in [0, 0.05) is 6.07 Å². The Balaban J connectivity index is 1.83. The number of hydrogen-bond acceptors (Lipinski definition) is 3. The van der Waals surface area contributed by atoms with Gasteiger partial charge in [-0.05, 0) is 17.7 Å². The van der Waals surface area contributed by atoms with Crippen molar-refractivity contribution in [3.63, 3.8) is 0 Å². The van der Waals surface area contributed by atoms with Gasteiger partial charge in [-0.1, -0.05) is 36.4 Å². The number of hydrogen-bond donors (Lipinski definition) is 0. The molecule has 0 unspecified atom stereocenters. The van der Waals surface area contributed by atoms with Crippen molar-refractivity contribution < 1.29 is 13.9 Å². The normalized spacial score (nSPS) is 10.6. The topological polar surface area (TPSA) is 39.4 Å². The first-order valence-electron chi connectivity index (χ1n) is 5.28. The summed E-state index contributed by atoms with van der Waals surface area (Å²) in [6, 6.07) is 13.1. The van der Waals surface area contributed by atoms with Gasteiger partial charge in [0.05, 0.1) is 0 Å². The number of aldehydes is 1. The summed E-state index contributed by atoms with van der Waals surface area (Å²) in [6.45, 7) is 0.403. The van der Waals surface area contributed by atoms with Crippen molar-refractivity contribution >= 4 is 12.4 Å². The van der Waals surface area contributed by atoms with Gasteiger partial charge in [-0.2, -0.15) is 0 Å². The van der Waals surface area contributed by atoms with E-state index < -0.39 is 0 Å². The molecule has 0 fully saturated rings. The van der Waals surface area contributed by atoms with Crippen LogP contribution in [0.15, 0.2) is 53.0 Å². The molecule has 2 aromatic rings. The smallest absolute Gasteiger partial charge is 0.285 e. The highest BCUT2D eigenvalue weighted by Gasteiger charge is 1.99. The van der Waals surface area contributed by atoms with Crippen molar-refractivity contribution in [1.29, 1.82) is 0 Å². The van der Waals surface area contributed by atoms with Crippen molar-refractivity contribution in [2.75, 3.05) is 6.61 Å². The van der Waals surface area contributed by atoms with Gasteiger partial charge in [-0.15, -0.1) is 0 Å². The third kappa shape index (κ3) is 3.34. The average Bonchev–Trinajstić information content (AvgIpc) is 2.84. The van der Waals surface area contributed by atoms with Crippen molar-refractivity contribution in [2.24, 2.45) is 0 Å². The third-order valence-electron chi connectivity index (χ3n) is 2.15. The minimum absolute atomic E-state index is 0.270. The molecule has 0 aliphatic rings. The summed E-state index contributed by atoms with van der Waals surface area (Å²) < 4.78 is 10.4. The largest absolute Gasteiger partial charge is 0.461 e. The molecule has 17 heavy (non-hydrogen) atoms. The van der Waals surface area contributed by atoms with Crippen LogP contribution < -0.4 is 4.74 Å². The molecular formula is C14H12O3. The fraction of sp³-hybridized carbons (Fsp3) is 0.0714. The van der Waals surface area contributed by atoms with E-state index in [1.54, 1.807) is 12.1 Å². The van der Waals surface area contributed by atoms with Gasteiger partial charge >= 0.3 is 0 Å². The minimum Gasteiger partial charge on any atom is -0.461 e. The summed E-state index contributed by atoms with van der Waals surface area (Å²) in [5, 5.41) is 0. The molecule has 0 amide bonds. The molecule has 86 valence electrons. The predicted octanol–water partition coefficient (Wildman–Crippen LogP) is 3.18. The lowest BCUT2D eigenvalue weighted by atomic mass is 10.2. The van der Waals surface area contributed by atoms with E-state index in [1.807, 2.05) is 42.5 Å². The zero-order chi connectivity index (χ0) is 11.9. The maximum absolute atomic E-state index is 10.4. The summed E-state index contributed by atoms with van der Waals surface area (Å²) >= 11 is 0. The van der Waals surface area contributed by atoms with Crippen LogP contribution in [0.5, 0.6) is 5.95 Å². The molecule has 0 atom stereocenters. The van der Waals surface area contributed by atoms with Crippen LogP contribution in [0.1, 0.15) is 16.1 Å². The molecule has 1 aromatic heterocycles. The fourth-order valence-electron chi connectivity index (χ4n) is 1.35. The molecule has 0 bridgehead atoms. The molecule has 0 saturated heterocycles. The van der Waals surface area contributed by atoms with E-state index in [9.17, 15) is 4.79 Å². The Hall–Kier alpha value is -2.29. The van der Waals surface area contributed by atoms with E-state index in [4.69, 9.17) is 9.15 Å². The zero-order valence-corrected chi connectivity index (χ0v) is 9.21. The Labute approximate surface area is 99.3 Å². The van der Waals surface area contributed by atoms with Gasteiger partial charge in [0.1, 0.15) is 6.61 Å². The molecule has 3 heteroatoms. The van der Waals surface area contributed by atoms with Gasteiger partial charge in [0.2, 0.25) is 0 Å². The van der Waals surface area contributed by atoms with Gasteiger partial charge in [-0.25, -0.2) is 0 Å². The highest BCUT2D eigenvalue weighted by atomic mass is 16.6. The minimum atomic E-state index is 0.270. The monoisotopic (exact) mass is 228 g/mol. The van der Waals surface area contributed by atoms with Crippen molar-refractivity contribution in [1.82, 2.24) is 0 Å². The van der Waals surface area contributed by atoms with Crippen LogP contribution in [0.2, 0.25) is 0 Å². The van der Waals surface area contributed by atoms with Crippen molar-refractivity contribution in [3.8, 4) is 5.95 Å². The second kappa shape index (κ2) is 5.70. The fourth-order valence-corrected chi connectivity index (χ4v) is 1.35. The molecule has 0 aliphatic carbocycles. The lowest BCUT2D eigenvalue weighted by molar-refractivity contribution is 0.109. The molecule has 0 aliphatic heterocycles. The molecule has 0 spiro atoms. The first-order valence-corrected chi connectivity index (χ1v) is 5.28. The number of ether oxygens (including phenoxy) is 1. The van der Waals surface area contributed by atoms with E-state index >= 15 is 0 Å². The number of rotatable bonds is 5. The summed E-state index contributed by atoms with van der Waals surface area (Å²) in [5.74, 6) is 0.622. The lowest BCUT2D eigenvalue weighted by Gasteiger charge is -1.97. The Kier molecular flexibility index (Phi) is 3.76. The SMILES string of the molecule is O=Cc1ccc(OCC=Cc2ccccc2)o1. The van der Waals surface area contributed by atoms with E-state index in [1.165, 1.54) is 0 Å². The van der Waals surface area contributed by atoms with Gasteiger partial charge in [0.25, 0.3) is 5.95 Å². The molecule has 0 saturated carbocycles. The summed E-state index contributed by atoms with van der Waals surface area (Å²) in [7, 11) is 0. The molecule has 1 heterocycles. The zero-order valence-electron chi connectivity index (χ0n) is 9.21. The molecule has 0 radical (unpaired) electrons. The maximum atomic E-state index is 10.4. The predicted molar refractivity (Wildman–Crippen MR) is 65.1 cm³/mol.